The molecule has 0 saturated heterocycles. The van der Waals surface area contributed by atoms with Crippen LogP contribution < -0.4 is 5.73 Å². The summed E-state index contributed by atoms with van der Waals surface area (Å²) in [5, 5.41) is 10.8. The predicted octanol–water partition coefficient (Wildman–Crippen LogP) is 4.82. The number of nitrogens with two attached hydrogens (primary N) is 1. The zero-order valence-electron chi connectivity index (χ0n) is 11.2. The zero-order valence-corrected chi connectivity index (χ0v) is 12.0. The Morgan fingerprint density at radius 2 is 1.82 bits per heavy atom. The molecule has 2 aromatic rings. The van der Waals surface area contributed by atoms with E-state index in [4.69, 9.17) is 17.3 Å². The van der Waals surface area contributed by atoms with E-state index in [2.05, 4.69) is 0 Å². The molecular weight excluding hydrogens is 321 g/mol. The number of benzene rings is 2. The summed E-state index contributed by atoms with van der Waals surface area (Å²) in [5.41, 5.74) is 3.95. The number of alkyl halides is 3. The number of nitrogens with zero attached hydrogens (tertiary/aromatic N) is 1. The van der Waals surface area contributed by atoms with Crippen molar-refractivity contribution < 1.29 is 18.1 Å². The van der Waals surface area contributed by atoms with Crippen LogP contribution in [0.4, 0.5) is 24.5 Å². The fourth-order valence-corrected chi connectivity index (χ4v) is 2.34. The first kappa shape index (κ1) is 16.1. The lowest BCUT2D eigenvalue weighted by Crippen LogP contribution is -2.08. The molecule has 0 amide bonds. The minimum atomic E-state index is -4.61. The molecule has 0 saturated carbocycles. The molecule has 116 valence electrons. The van der Waals surface area contributed by atoms with Gasteiger partial charge in [-0.05, 0) is 24.6 Å². The van der Waals surface area contributed by atoms with Gasteiger partial charge >= 0.3 is 6.18 Å². The van der Waals surface area contributed by atoms with Crippen molar-refractivity contribution in [1.29, 1.82) is 0 Å². The van der Waals surface area contributed by atoms with E-state index in [-0.39, 0.29) is 21.8 Å². The average Bonchev–Trinajstić information content (AvgIpc) is 2.38. The minimum Gasteiger partial charge on any atom is -0.393 e. The number of nitro benzene ring substituents is 1. The van der Waals surface area contributed by atoms with Crippen LogP contribution in [0, 0.1) is 17.0 Å². The van der Waals surface area contributed by atoms with Crippen molar-refractivity contribution in [3.05, 3.63) is 56.6 Å². The molecule has 8 heteroatoms. The summed E-state index contributed by atoms with van der Waals surface area (Å²) < 4.78 is 39.5. The maximum atomic E-state index is 13.2. The van der Waals surface area contributed by atoms with Gasteiger partial charge in [-0.25, -0.2) is 0 Å². The smallest absolute Gasteiger partial charge is 0.393 e. The zero-order chi connectivity index (χ0) is 16.7. The fraction of sp³-hybridized carbons (Fsp3) is 0.143. The van der Waals surface area contributed by atoms with Crippen molar-refractivity contribution in [2.24, 2.45) is 0 Å². The molecule has 0 unspecified atom stereocenters. The van der Waals surface area contributed by atoms with Crippen LogP contribution in [-0.2, 0) is 6.18 Å². The third-order valence-electron chi connectivity index (χ3n) is 3.08. The molecule has 0 heterocycles. The van der Waals surface area contributed by atoms with Crippen LogP contribution in [0.15, 0.2) is 30.3 Å². The molecule has 2 rings (SSSR count). The highest BCUT2D eigenvalue weighted by atomic mass is 35.5. The van der Waals surface area contributed by atoms with Crippen molar-refractivity contribution >= 4 is 23.0 Å². The quantitative estimate of drug-likeness (QED) is 0.487. The van der Waals surface area contributed by atoms with Gasteiger partial charge < -0.3 is 5.73 Å². The Balaban J connectivity index is 2.77. The highest BCUT2D eigenvalue weighted by Crippen LogP contribution is 2.42. The molecule has 0 radical (unpaired) electrons. The molecule has 0 aliphatic rings. The Hall–Kier alpha value is -2.28. The summed E-state index contributed by atoms with van der Waals surface area (Å²) >= 11 is 5.93. The summed E-state index contributed by atoms with van der Waals surface area (Å²) in [6.45, 7) is 1.52. The molecular formula is C14H10ClF3N2O2. The number of nitro groups is 1. The van der Waals surface area contributed by atoms with Crippen molar-refractivity contribution in [3.63, 3.8) is 0 Å². The summed E-state index contributed by atoms with van der Waals surface area (Å²) in [6, 6.07) is 5.71. The van der Waals surface area contributed by atoms with E-state index >= 15 is 0 Å². The standard InChI is InChI=1S/C14H10ClF3N2O2/c1-7-2-3-8(10(4-7)14(16,17)18)9-5-13(20(21)22)12(19)6-11(9)15/h2-6H,19H2,1H3. The van der Waals surface area contributed by atoms with Crippen LogP contribution in [0.1, 0.15) is 11.1 Å². The van der Waals surface area contributed by atoms with Gasteiger partial charge in [-0.3, -0.25) is 10.1 Å². The van der Waals surface area contributed by atoms with Crippen LogP contribution in [0.3, 0.4) is 0 Å². The van der Waals surface area contributed by atoms with E-state index in [1.807, 2.05) is 0 Å². The molecule has 0 aliphatic heterocycles. The second-order valence-corrected chi connectivity index (χ2v) is 5.10. The van der Waals surface area contributed by atoms with E-state index in [0.29, 0.717) is 5.56 Å². The summed E-state index contributed by atoms with van der Waals surface area (Å²) in [7, 11) is 0. The molecule has 0 fully saturated rings. The molecule has 0 aliphatic carbocycles. The van der Waals surface area contributed by atoms with Crippen LogP contribution in [0.5, 0.6) is 0 Å². The number of halogens is 4. The van der Waals surface area contributed by atoms with Crippen molar-refractivity contribution in [1.82, 2.24) is 0 Å². The number of anilines is 1. The second-order valence-electron chi connectivity index (χ2n) is 4.69. The highest BCUT2D eigenvalue weighted by molar-refractivity contribution is 6.33. The maximum Gasteiger partial charge on any atom is 0.417 e. The molecule has 2 aromatic carbocycles. The highest BCUT2D eigenvalue weighted by Gasteiger charge is 2.34. The largest absolute Gasteiger partial charge is 0.417 e. The maximum absolute atomic E-state index is 13.2. The summed E-state index contributed by atoms with van der Waals surface area (Å²) in [6.07, 6.45) is -4.61. The number of nitrogen functional groups attached to an aromatic ring is 1. The lowest BCUT2D eigenvalue weighted by molar-refractivity contribution is -0.383. The topological polar surface area (TPSA) is 69.2 Å². The first-order valence-corrected chi connectivity index (χ1v) is 6.40. The molecule has 0 aromatic heterocycles. The lowest BCUT2D eigenvalue weighted by atomic mass is 9.96. The minimum absolute atomic E-state index is 0.0857. The number of hydrogen-bond donors (Lipinski definition) is 1. The van der Waals surface area contributed by atoms with E-state index in [0.717, 1.165) is 18.2 Å². The van der Waals surface area contributed by atoms with Gasteiger partial charge in [0, 0.05) is 11.6 Å². The Bertz CT molecular complexity index is 760. The van der Waals surface area contributed by atoms with Gasteiger partial charge in [-0.15, -0.1) is 0 Å². The monoisotopic (exact) mass is 330 g/mol. The summed E-state index contributed by atoms with van der Waals surface area (Å²) in [4.78, 5) is 10.1. The summed E-state index contributed by atoms with van der Waals surface area (Å²) in [5.74, 6) is 0. The SMILES string of the molecule is Cc1ccc(-c2cc([N+](=O)[O-])c(N)cc2Cl)c(C(F)(F)F)c1. The molecule has 0 spiro atoms. The van der Waals surface area contributed by atoms with Gasteiger partial charge in [0.25, 0.3) is 5.69 Å². The van der Waals surface area contributed by atoms with E-state index in [1.54, 1.807) is 0 Å². The Morgan fingerprint density at radius 1 is 1.18 bits per heavy atom. The molecule has 2 N–H and O–H groups in total. The van der Waals surface area contributed by atoms with Crippen LogP contribution in [0.25, 0.3) is 11.1 Å². The van der Waals surface area contributed by atoms with Crippen molar-refractivity contribution in [2.45, 2.75) is 13.1 Å². The second kappa shape index (κ2) is 5.49. The van der Waals surface area contributed by atoms with E-state index in [1.165, 1.54) is 19.1 Å². The molecule has 0 atom stereocenters. The van der Waals surface area contributed by atoms with Crippen molar-refractivity contribution in [2.75, 3.05) is 5.73 Å². The third-order valence-corrected chi connectivity index (χ3v) is 3.40. The van der Waals surface area contributed by atoms with Gasteiger partial charge in [0.05, 0.1) is 15.5 Å². The van der Waals surface area contributed by atoms with Gasteiger partial charge in [0.15, 0.2) is 0 Å². The van der Waals surface area contributed by atoms with Gasteiger partial charge in [-0.1, -0.05) is 29.3 Å². The Morgan fingerprint density at radius 3 is 2.36 bits per heavy atom. The lowest BCUT2D eigenvalue weighted by Gasteiger charge is -2.15. The molecule has 4 nitrogen and oxygen atoms in total. The molecule has 0 bridgehead atoms. The first-order chi connectivity index (χ1) is 10.1. The van der Waals surface area contributed by atoms with E-state index in [9.17, 15) is 23.3 Å². The normalized spacial score (nSPS) is 11.5. The van der Waals surface area contributed by atoms with E-state index < -0.39 is 22.4 Å². The number of aryl methyl sites for hydroxylation is 1. The number of hydrogen-bond acceptors (Lipinski definition) is 3. The fourth-order valence-electron chi connectivity index (χ4n) is 2.07. The van der Waals surface area contributed by atoms with Gasteiger partial charge in [-0.2, -0.15) is 13.2 Å². The van der Waals surface area contributed by atoms with Crippen LogP contribution >= 0.6 is 11.6 Å². The molecule has 22 heavy (non-hydrogen) atoms. The predicted molar refractivity (Wildman–Crippen MR) is 77.7 cm³/mol. The van der Waals surface area contributed by atoms with Gasteiger partial charge in [0.1, 0.15) is 5.69 Å². The average molecular weight is 331 g/mol. The Labute approximate surface area is 128 Å². The van der Waals surface area contributed by atoms with Gasteiger partial charge in [0.2, 0.25) is 0 Å². The van der Waals surface area contributed by atoms with Crippen LogP contribution in [0.2, 0.25) is 5.02 Å². The Kier molecular flexibility index (Phi) is 4.02. The first-order valence-electron chi connectivity index (χ1n) is 6.03. The van der Waals surface area contributed by atoms with Crippen LogP contribution in [-0.4, -0.2) is 4.92 Å². The van der Waals surface area contributed by atoms with Crippen molar-refractivity contribution in [3.8, 4) is 11.1 Å². The number of rotatable bonds is 2. The third kappa shape index (κ3) is 2.99.